The average Bonchev–Trinajstić information content (AvgIpc) is 3.04. The van der Waals surface area contributed by atoms with Crippen molar-refractivity contribution in [1.29, 1.82) is 0 Å². The maximum Gasteiger partial charge on any atom is 0.328 e. The summed E-state index contributed by atoms with van der Waals surface area (Å²) in [6, 6.07) is 3.39. The summed E-state index contributed by atoms with van der Waals surface area (Å²) in [5.74, 6) is -4.38. The molecular formula is C35H40F2N4O8. The van der Waals surface area contributed by atoms with Crippen molar-refractivity contribution >= 4 is 11.9 Å². The lowest BCUT2D eigenvalue weighted by Gasteiger charge is -2.32. The van der Waals surface area contributed by atoms with Crippen molar-refractivity contribution in [3.05, 3.63) is 113 Å². The largest absolute Gasteiger partial charge is 0.426 e. The first-order valence-corrected chi connectivity index (χ1v) is 16.2. The SMILES string of the molecule is C=C(C)[C@@H]1CCC(C)=C[C@H]1c1c(OC(=O)CCn2c(=O)[nH]cc(F)c2=O)cc(CCCCC)cc1OC(=O)CCn1c(=O)[nH]cc(F)c1=O. The number of nitrogens with zero attached hydrogens (tertiary/aromatic N) is 2. The molecule has 1 aliphatic rings. The molecule has 0 fully saturated rings. The van der Waals surface area contributed by atoms with Crippen LogP contribution >= 0.6 is 0 Å². The van der Waals surface area contributed by atoms with E-state index >= 15 is 0 Å². The Bertz CT molecular complexity index is 1890. The van der Waals surface area contributed by atoms with E-state index in [1.807, 2.05) is 26.8 Å². The number of aryl methyl sites for hydroxylation is 1. The highest BCUT2D eigenvalue weighted by Crippen LogP contribution is 2.47. The first-order valence-electron chi connectivity index (χ1n) is 16.2. The monoisotopic (exact) mass is 682 g/mol. The number of nitrogens with one attached hydrogen (secondary N) is 2. The minimum Gasteiger partial charge on any atom is -0.426 e. The lowest BCUT2D eigenvalue weighted by Crippen LogP contribution is -2.37. The molecule has 0 radical (unpaired) electrons. The van der Waals surface area contributed by atoms with Gasteiger partial charge in [0.1, 0.15) is 11.5 Å². The summed E-state index contributed by atoms with van der Waals surface area (Å²) in [7, 11) is 0. The van der Waals surface area contributed by atoms with Crippen molar-refractivity contribution in [2.45, 2.75) is 91.1 Å². The second kappa shape index (κ2) is 16.3. The number of carbonyl (C=O) groups excluding carboxylic acids is 2. The van der Waals surface area contributed by atoms with Crippen LogP contribution in [0.2, 0.25) is 0 Å². The predicted octanol–water partition coefficient (Wildman–Crippen LogP) is 4.40. The fraction of sp³-hybridized carbons (Fsp3) is 0.429. The molecule has 2 aromatic heterocycles. The first-order chi connectivity index (χ1) is 23.3. The van der Waals surface area contributed by atoms with E-state index in [4.69, 9.17) is 9.47 Å². The molecule has 0 bridgehead atoms. The maximum absolute atomic E-state index is 13.8. The molecule has 12 nitrogen and oxygen atoms in total. The van der Waals surface area contributed by atoms with E-state index in [1.165, 1.54) is 0 Å². The molecule has 49 heavy (non-hydrogen) atoms. The second-order valence-electron chi connectivity index (χ2n) is 12.2. The predicted molar refractivity (Wildman–Crippen MR) is 177 cm³/mol. The van der Waals surface area contributed by atoms with Crippen LogP contribution in [0.4, 0.5) is 8.78 Å². The van der Waals surface area contributed by atoms with Crippen LogP contribution in [0.15, 0.2) is 67.5 Å². The summed E-state index contributed by atoms with van der Waals surface area (Å²) in [6.45, 7) is 9.15. The van der Waals surface area contributed by atoms with Crippen molar-refractivity contribution in [1.82, 2.24) is 19.1 Å². The molecule has 0 saturated heterocycles. The molecule has 4 rings (SSSR count). The molecule has 262 valence electrons. The zero-order valence-corrected chi connectivity index (χ0v) is 27.7. The van der Waals surface area contributed by atoms with Gasteiger partial charge < -0.3 is 19.4 Å². The second-order valence-corrected chi connectivity index (χ2v) is 12.2. The van der Waals surface area contributed by atoms with Gasteiger partial charge in [-0.15, -0.1) is 0 Å². The third-order valence-corrected chi connectivity index (χ3v) is 8.51. The van der Waals surface area contributed by atoms with E-state index in [0.717, 1.165) is 43.3 Å². The van der Waals surface area contributed by atoms with Crippen molar-refractivity contribution in [2.24, 2.45) is 5.92 Å². The number of esters is 2. The van der Waals surface area contributed by atoms with E-state index in [1.54, 1.807) is 12.1 Å². The van der Waals surface area contributed by atoms with Crippen LogP contribution in [-0.4, -0.2) is 31.0 Å². The van der Waals surface area contributed by atoms with Crippen LogP contribution < -0.4 is 32.0 Å². The Morgan fingerprint density at radius 2 is 1.41 bits per heavy atom. The summed E-state index contributed by atoms with van der Waals surface area (Å²) in [6.07, 6.45) is 7.06. The molecule has 0 spiro atoms. The van der Waals surface area contributed by atoms with Gasteiger partial charge in [0.2, 0.25) is 11.6 Å². The fourth-order valence-electron chi connectivity index (χ4n) is 5.91. The van der Waals surface area contributed by atoms with E-state index in [9.17, 15) is 37.5 Å². The van der Waals surface area contributed by atoms with Gasteiger partial charge in [-0.05, 0) is 63.1 Å². The number of halogens is 2. The van der Waals surface area contributed by atoms with Gasteiger partial charge in [0.25, 0.3) is 11.1 Å². The molecule has 2 N–H and O–H groups in total. The van der Waals surface area contributed by atoms with Crippen LogP contribution in [0, 0.1) is 17.6 Å². The lowest BCUT2D eigenvalue weighted by molar-refractivity contribution is -0.135. The van der Waals surface area contributed by atoms with Gasteiger partial charge in [-0.2, -0.15) is 8.78 Å². The van der Waals surface area contributed by atoms with Gasteiger partial charge in [-0.1, -0.05) is 43.6 Å². The third kappa shape index (κ3) is 9.06. The molecule has 0 unspecified atom stereocenters. The van der Waals surface area contributed by atoms with Gasteiger partial charge in [-0.25, -0.2) is 9.59 Å². The zero-order valence-electron chi connectivity index (χ0n) is 27.7. The number of aromatic nitrogens is 4. The Morgan fingerprint density at radius 3 is 1.88 bits per heavy atom. The lowest BCUT2D eigenvalue weighted by atomic mass is 9.73. The van der Waals surface area contributed by atoms with Crippen molar-refractivity contribution < 1.29 is 27.8 Å². The Hall–Kier alpha value is -5.14. The summed E-state index contributed by atoms with van der Waals surface area (Å²) < 4.78 is 40.6. The molecule has 3 aromatic rings. The summed E-state index contributed by atoms with van der Waals surface area (Å²) in [5.41, 5.74) is -1.15. The zero-order chi connectivity index (χ0) is 35.8. The van der Waals surface area contributed by atoms with Crippen LogP contribution in [0.1, 0.15) is 82.8 Å². The minimum absolute atomic E-state index is 0.0993. The molecule has 0 aliphatic heterocycles. The Kier molecular flexibility index (Phi) is 12.2. The number of aromatic amines is 2. The van der Waals surface area contributed by atoms with E-state index in [0.29, 0.717) is 39.1 Å². The molecule has 2 atom stereocenters. The quantitative estimate of drug-likeness (QED) is 0.109. The van der Waals surface area contributed by atoms with E-state index in [2.05, 4.69) is 16.5 Å². The van der Waals surface area contributed by atoms with Crippen LogP contribution in [-0.2, 0) is 29.1 Å². The van der Waals surface area contributed by atoms with Crippen LogP contribution in [0.3, 0.4) is 0 Å². The standard InChI is InChI=1S/C35H40F2N4O8/c1-5-6-7-8-22-16-27(48-29(42)11-13-40-32(44)25(36)18-38-34(40)46)31(24-15-21(4)9-10-23(24)20(2)3)28(17-22)49-30(43)12-14-41-33(45)26(37)19-39-35(41)47/h15-19,23-24H,2,5-14H2,1,3-4H3,(H,38,46)(H,39,47)/t23-,24+/m0/s1. The maximum atomic E-state index is 13.8. The van der Waals surface area contributed by atoms with Crippen molar-refractivity contribution in [3.8, 4) is 11.5 Å². The molecule has 0 amide bonds. The minimum atomic E-state index is -1.18. The number of allylic oxidation sites excluding steroid dienone is 3. The smallest absolute Gasteiger partial charge is 0.328 e. The number of rotatable bonds is 14. The normalized spacial score (nSPS) is 15.8. The molecular weight excluding hydrogens is 642 g/mol. The van der Waals surface area contributed by atoms with Gasteiger partial charge in [0.15, 0.2) is 0 Å². The molecule has 14 heteroatoms. The summed E-state index contributed by atoms with van der Waals surface area (Å²) >= 11 is 0. The van der Waals surface area contributed by atoms with Gasteiger partial charge in [0.05, 0.1) is 12.8 Å². The third-order valence-electron chi connectivity index (χ3n) is 8.51. The number of benzene rings is 1. The first kappa shape index (κ1) is 36.7. The van der Waals surface area contributed by atoms with E-state index < -0.39 is 77.9 Å². The van der Waals surface area contributed by atoms with Crippen molar-refractivity contribution in [2.75, 3.05) is 0 Å². The van der Waals surface area contributed by atoms with Crippen LogP contribution in [0.5, 0.6) is 11.5 Å². The topological polar surface area (TPSA) is 162 Å². The highest BCUT2D eigenvalue weighted by Gasteiger charge is 2.32. The number of H-pyrrole nitrogens is 2. The molecule has 1 aromatic carbocycles. The average molecular weight is 683 g/mol. The highest BCUT2D eigenvalue weighted by molar-refractivity contribution is 5.76. The highest BCUT2D eigenvalue weighted by atomic mass is 19.1. The molecule has 2 heterocycles. The Labute approximate surface area is 280 Å². The number of carbonyl (C=O) groups is 2. The number of hydrogen-bond donors (Lipinski definition) is 2. The summed E-state index contributed by atoms with van der Waals surface area (Å²) in [5, 5.41) is 0. The number of unbranched alkanes of at least 4 members (excludes halogenated alkanes) is 2. The van der Waals surface area contributed by atoms with E-state index in [-0.39, 0.29) is 17.4 Å². The molecule has 1 aliphatic carbocycles. The Balaban J connectivity index is 1.75. The van der Waals surface area contributed by atoms with Crippen molar-refractivity contribution in [3.63, 3.8) is 0 Å². The van der Waals surface area contributed by atoms with Crippen LogP contribution in [0.25, 0.3) is 0 Å². The fourth-order valence-corrected chi connectivity index (χ4v) is 5.91. The number of hydrogen-bond acceptors (Lipinski definition) is 8. The summed E-state index contributed by atoms with van der Waals surface area (Å²) in [4.78, 5) is 79.4. The number of ether oxygens (including phenoxy) is 2. The van der Waals surface area contributed by atoms with Gasteiger partial charge in [-0.3, -0.25) is 28.3 Å². The Morgan fingerprint density at radius 1 is 0.898 bits per heavy atom. The van der Waals surface area contributed by atoms with Gasteiger partial charge in [0, 0.05) is 37.0 Å². The molecule has 0 saturated carbocycles. The van der Waals surface area contributed by atoms with Gasteiger partial charge >= 0.3 is 23.3 Å².